The molecular formula is C19H33NO2S. The van der Waals surface area contributed by atoms with Crippen molar-refractivity contribution in [3.63, 3.8) is 0 Å². The maximum atomic E-state index is 13.2. The Morgan fingerprint density at radius 1 is 0.826 bits per heavy atom. The van der Waals surface area contributed by atoms with Gasteiger partial charge in [0.05, 0.1) is 4.90 Å². The van der Waals surface area contributed by atoms with Gasteiger partial charge >= 0.3 is 0 Å². The van der Waals surface area contributed by atoms with Crippen molar-refractivity contribution >= 4 is 10.0 Å². The van der Waals surface area contributed by atoms with Crippen LogP contribution in [0, 0.1) is 20.8 Å². The minimum Gasteiger partial charge on any atom is -0.207 e. The normalized spacial score (nSPS) is 12.1. The molecule has 1 aromatic rings. The lowest BCUT2D eigenvalue weighted by molar-refractivity contribution is 0.388. The van der Waals surface area contributed by atoms with Crippen LogP contribution in [0.4, 0.5) is 0 Å². The van der Waals surface area contributed by atoms with Gasteiger partial charge in [-0.2, -0.15) is 4.31 Å². The van der Waals surface area contributed by atoms with E-state index in [2.05, 4.69) is 13.8 Å². The molecule has 0 aromatic heterocycles. The topological polar surface area (TPSA) is 37.4 Å². The summed E-state index contributed by atoms with van der Waals surface area (Å²) in [6.07, 6.45) is 6.23. The summed E-state index contributed by atoms with van der Waals surface area (Å²) in [7, 11) is -3.41. The zero-order chi connectivity index (χ0) is 17.5. The first kappa shape index (κ1) is 20.2. The molecule has 0 amide bonds. The molecule has 0 heterocycles. The number of nitrogens with zero attached hydrogens (tertiary/aromatic N) is 1. The summed E-state index contributed by atoms with van der Waals surface area (Å²) in [5, 5.41) is 0. The van der Waals surface area contributed by atoms with E-state index in [1.807, 2.05) is 32.9 Å². The molecule has 23 heavy (non-hydrogen) atoms. The first-order valence-electron chi connectivity index (χ1n) is 8.92. The van der Waals surface area contributed by atoms with E-state index in [1.54, 1.807) is 4.31 Å². The maximum absolute atomic E-state index is 13.2. The smallest absolute Gasteiger partial charge is 0.207 e. The predicted octanol–water partition coefficient (Wildman–Crippen LogP) is 4.98. The molecular weight excluding hydrogens is 306 g/mol. The minimum absolute atomic E-state index is 0.510. The van der Waals surface area contributed by atoms with E-state index in [0.29, 0.717) is 18.0 Å². The van der Waals surface area contributed by atoms with Crippen LogP contribution in [0.2, 0.25) is 0 Å². The molecule has 3 nitrogen and oxygen atoms in total. The Labute approximate surface area is 143 Å². The van der Waals surface area contributed by atoms with Gasteiger partial charge in [-0.3, -0.25) is 0 Å². The zero-order valence-corrected chi connectivity index (χ0v) is 16.3. The van der Waals surface area contributed by atoms with Crippen molar-refractivity contribution in [3.05, 3.63) is 28.8 Å². The second kappa shape index (κ2) is 9.43. The number of hydrogen-bond acceptors (Lipinski definition) is 2. The molecule has 0 aliphatic rings. The van der Waals surface area contributed by atoms with Crippen molar-refractivity contribution in [2.75, 3.05) is 13.1 Å². The van der Waals surface area contributed by atoms with E-state index in [4.69, 9.17) is 0 Å². The van der Waals surface area contributed by atoms with Crippen LogP contribution in [0.25, 0.3) is 0 Å². The molecule has 0 radical (unpaired) electrons. The molecule has 0 fully saturated rings. The zero-order valence-electron chi connectivity index (χ0n) is 15.5. The van der Waals surface area contributed by atoms with Crippen molar-refractivity contribution in [1.82, 2.24) is 4.31 Å². The van der Waals surface area contributed by atoms with Gasteiger partial charge < -0.3 is 0 Å². The van der Waals surface area contributed by atoms with Crippen LogP contribution in [-0.2, 0) is 10.0 Å². The third-order valence-corrected chi connectivity index (χ3v) is 6.43. The van der Waals surface area contributed by atoms with E-state index in [1.165, 1.54) is 0 Å². The van der Waals surface area contributed by atoms with Gasteiger partial charge in [-0.15, -0.1) is 0 Å². The van der Waals surface area contributed by atoms with Gasteiger partial charge in [0.15, 0.2) is 0 Å². The fourth-order valence-electron chi connectivity index (χ4n) is 3.13. The van der Waals surface area contributed by atoms with Gasteiger partial charge in [0.25, 0.3) is 0 Å². The molecule has 132 valence electrons. The Kier molecular flexibility index (Phi) is 8.27. The predicted molar refractivity (Wildman–Crippen MR) is 98.5 cm³/mol. The Morgan fingerprint density at radius 2 is 1.26 bits per heavy atom. The van der Waals surface area contributed by atoms with Crippen molar-refractivity contribution in [1.29, 1.82) is 0 Å². The maximum Gasteiger partial charge on any atom is 0.243 e. The summed E-state index contributed by atoms with van der Waals surface area (Å²) in [5.74, 6) is 0. The highest BCUT2D eigenvalue weighted by molar-refractivity contribution is 7.89. The average Bonchev–Trinajstić information content (AvgIpc) is 2.44. The van der Waals surface area contributed by atoms with Crippen LogP contribution in [0.5, 0.6) is 0 Å². The Balaban J connectivity index is 3.10. The first-order valence-corrected chi connectivity index (χ1v) is 10.4. The molecule has 0 saturated heterocycles. The summed E-state index contributed by atoms with van der Waals surface area (Å²) < 4.78 is 28.1. The summed E-state index contributed by atoms with van der Waals surface area (Å²) in [4.78, 5) is 0.510. The molecule has 4 heteroatoms. The van der Waals surface area contributed by atoms with Gasteiger partial charge in [0.1, 0.15) is 0 Å². The van der Waals surface area contributed by atoms with Crippen molar-refractivity contribution in [3.8, 4) is 0 Å². The van der Waals surface area contributed by atoms with Crippen molar-refractivity contribution in [2.24, 2.45) is 0 Å². The standard InChI is InChI=1S/C19H33NO2S/c1-6-8-10-12-20(13-11-9-7-2)23(21,22)19-17(4)14-16(3)15-18(19)5/h14-15H,6-13H2,1-5H3. The van der Waals surface area contributed by atoms with Crippen LogP contribution in [-0.4, -0.2) is 25.8 Å². The number of unbranched alkanes of at least 4 members (excludes halogenated alkanes) is 4. The second-order valence-corrected chi connectivity index (χ2v) is 8.42. The van der Waals surface area contributed by atoms with E-state index >= 15 is 0 Å². The van der Waals surface area contributed by atoms with Crippen LogP contribution in [0.3, 0.4) is 0 Å². The van der Waals surface area contributed by atoms with Gasteiger partial charge in [-0.25, -0.2) is 8.42 Å². The molecule has 0 bridgehead atoms. The summed E-state index contributed by atoms with van der Waals surface area (Å²) in [6.45, 7) is 11.4. The van der Waals surface area contributed by atoms with Gasteiger partial charge in [-0.1, -0.05) is 57.2 Å². The van der Waals surface area contributed by atoms with Crippen LogP contribution >= 0.6 is 0 Å². The lowest BCUT2D eigenvalue weighted by atomic mass is 10.1. The Bertz CT molecular complexity index is 560. The third kappa shape index (κ3) is 5.61. The quantitative estimate of drug-likeness (QED) is 0.564. The SMILES string of the molecule is CCCCCN(CCCCC)S(=O)(=O)c1c(C)cc(C)cc1C. The van der Waals surface area contributed by atoms with E-state index in [0.717, 1.165) is 55.2 Å². The highest BCUT2D eigenvalue weighted by Gasteiger charge is 2.27. The second-order valence-electron chi connectivity index (χ2n) is 6.55. The lowest BCUT2D eigenvalue weighted by Crippen LogP contribution is -2.34. The highest BCUT2D eigenvalue weighted by atomic mass is 32.2. The molecule has 0 aliphatic heterocycles. The molecule has 0 unspecified atom stereocenters. The molecule has 0 atom stereocenters. The van der Waals surface area contributed by atoms with E-state index in [-0.39, 0.29) is 0 Å². The molecule has 0 N–H and O–H groups in total. The number of hydrogen-bond donors (Lipinski definition) is 0. The number of aryl methyl sites for hydroxylation is 3. The van der Waals surface area contributed by atoms with Crippen molar-refractivity contribution < 1.29 is 8.42 Å². The Hall–Kier alpha value is -0.870. The molecule has 0 aliphatic carbocycles. The van der Waals surface area contributed by atoms with Crippen LogP contribution in [0.1, 0.15) is 69.1 Å². The number of sulfonamides is 1. The monoisotopic (exact) mass is 339 g/mol. The van der Waals surface area contributed by atoms with Gasteiger partial charge in [-0.05, 0) is 44.7 Å². The fraction of sp³-hybridized carbons (Fsp3) is 0.684. The lowest BCUT2D eigenvalue weighted by Gasteiger charge is -2.24. The number of rotatable bonds is 10. The van der Waals surface area contributed by atoms with Crippen LogP contribution < -0.4 is 0 Å². The van der Waals surface area contributed by atoms with E-state index in [9.17, 15) is 8.42 Å². The number of benzene rings is 1. The fourth-order valence-corrected chi connectivity index (χ4v) is 5.06. The van der Waals surface area contributed by atoms with Crippen molar-refractivity contribution in [2.45, 2.75) is 78.0 Å². The first-order chi connectivity index (χ1) is 10.8. The summed E-state index contributed by atoms with van der Waals surface area (Å²) in [6, 6.07) is 3.94. The molecule has 0 saturated carbocycles. The Morgan fingerprint density at radius 3 is 1.65 bits per heavy atom. The largest absolute Gasteiger partial charge is 0.243 e. The summed E-state index contributed by atoms with van der Waals surface area (Å²) >= 11 is 0. The highest BCUT2D eigenvalue weighted by Crippen LogP contribution is 2.26. The average molecular weight is 340 g/mol. The molecule has 0 spiro atoms. The minimum atomic E-state index is -3.41. The van der Waals surface area contributed by atoms with Crippen LogP contribution in [0.15, 0.2) is 17.0 Å². The van der Waals surface area contributed by atoms with Gasteiger partial charge in [0.2, 0.25) is 10.0 Å². The molecule has 1 rings (SSSR count). The van der Waals surface area contributed by atoms with Gasteiger partial charge in [0, 0.05) is 13.1 Å². The third-order valence-electron chi connectivity index (χ3n) is 4.22. The van der Waals surface area contributed by atoms with E-state index < -0.39 is 10.0 Å². The summed E-state index contributed by atoms with van der Waals surface area (Å²) in [5.41, 5.74) is 2.83. The molecule has 1 aromatic carbocycles.